The molecule has 2 heterocycles. The van der Waals surface area contributed by atoms with Crippen molar-refractivity contribution >= 4 is 29.6 Å². The van der Waals surface area contributed by atoms with E-state index in [0.29, 0.717) is 11.3 Å². The van der Waals surface area contributed by atoms with Crippen molar-refractivity contribution < 1.29 is 24.2 Å². The number of β-lactam (4-membered cyclic amide) rings is 1. The van der Waals surface area contributed by atoms with Gasteiger partial charge in [-0.05, 0) is 11.6 Å². The van der Waals surface area contributed by atoms with Crippen LogP contribution in [0.25, 0.3) is 0 Å². The third kappa shape index (κ3) is 2.56. The van der Waals surface area contributed by atoms with Gasteiger partial charge in [-0.2, -0.15) is 0 Å². The van der Waals surface area contributed by atoms with E-state index in [1.165, 1.54) is 23.6 Å². The van der Waals surface area contributed by atoms with Gasteiger partial charge in [0.1, 0.15) is 23.7 Å². The quantitative estimate of drug-likeness (QED) is 0.541. The Kier molecular flexibility index (Phi) is 4.15. The van der Waals surface area contributed by atoms with Crippen molar-refractivity contribution in [1.29, 1.82) is 0 Å². The van der Waals surface area contributed by atoms with Crippen molar-refractivity contribution in [2.75, 3.05) is 12.4 Å². The fraction of sp³-hybridized carbons (Fsp3) is 0.417. The maximum atomic E-state index is 11.7. The molecular weight excluding hydrogens is 284 g/mol. The third-order valence-electron chi connectivity index (χ3n) is 2.94. The molecule has 0 aromatic rings. The van der Waals surface area contributed by atoms with Gasteiger partial charge in [-0.25, -0.2) is 4.79 Å². The first kappa shape index (κ1) is 14.6. The van der Waals surface area contributed by atoms with Gasteiger partial charge in [-0.1, -0.05) is 6.08 Å². The summed E-state index contributed by atoms with van der Waals surface area (Å²) in [4.78, 5) is 34.8. The van der Waals surface area contributed by atoms with Crippen LogP contribution in [0, 0.1) is 0 Å². The monoisotopic (exact) mass is 298 g/mol. The normalized spacial score (nSPS) is 25.5. The first-order chi connectivity index (χ1) is 9.43. The standard InChI is InChI=1S/C12H14N2O5S/c1-6(15)19-4-2-3-7-5-20-11-8(13)10(16)14(11)9(7)12(17)18/h2-3,8,11H,4-5,13H2,1H3,(H,17,18)/b3-2-/t8?,11-/m1/s1. The molecule has 0 aromatic carbocycles. The molecule has 2 rings (SSSR count). The lowest BCUT2D eigenvalue weighted by Crippen LogP contribution is -2.68. The summed E-state index contributed by atoms with van der Waals surface area (Å²) in [6.45, 7) is 1.35. The Morgan fingerprint density at radius 2 is 2.30 bits per heavy atom. The molecule has 7 nitrogen and oxygen atoms in total. The number of carboxylic acid groups (broad SMARTS) is 1. The highest BCUT2D eigenvalue weighted by Crippen LogP contribution is 2.39. The van der Waals surface area contributed by atoms with Crippen LogP contribution in [0.15, 0.2) is 23.4 Å². The number of ether oxygens (including phenoxy) is 1. The molecule has 20 heavy (non-hydrogen) atoms. The van der Waals surface area contributed by atoms with Crippen LogP contribution in [0.1, 0.15) is 6.92 Å². The number of carboxylic acids is 1. The SMILES string of the molecule is CC(=O)OC/C=C\C1=C(C(=O)O)N2C(=O)C(N)[C@H]2SC1. The van der Waals surface area contributed by atoms with E-state index in [1.807, 2.05) is 0 Å². The number of nitrogens with zero attached hydrogens (tertiary/aromatic N) is 1. The number of amides is 1. The molecule has 2 aliphatic heterocycles. The molecule has 2 aliphatic rings. The molecular formula is C12H14N2O5S. The lowest BCUT2D eigenvalue weighted by molar-refractivity contribution is -0.147. The van der Waals surface area contributed by atoms with E-state index in [1.54, 1.807) is 12.2 Å². The number of hydrogen-bond acceptors (Lipinski definition) is 6. The third-order valence-corrected chi connectivity index (χ3v) is 4.27. The number of esters is 1. The predicted molar refractivity (Wildman–Crippen MR) is 71.5 cm³/mol. The minimum atomic E-state index is -1.16. The minimum Gasteiger partial charge on any atom is -0.477 e. The Hall–Kier alpha value is -1.80. The van der Waals surface area contributed by atoms with E-state index in [0.717, 1.165) is 0 Å². The number of rotatable bonds is 4. The molecule has 1 fully saturated rings. The van der Waals surface area contributed by atoms with E-state index in [-0.39, 0.29) is 23.6 Å². The number of allylic oxidation sites excluding steroid dienone is 1. The average molecular weight is 298 g/mol. The lowest BCUT2D eigenvalue weighted by Gasteiger charge is -2.47. The van der Waals surface area contributed by atoms with Crippen LogP contribution >= 0.6 is 11.8 Å². The van der Waals surface area contributed by atoms with Crippen molar-refractivity contribution in [1.82, 2.24) is 4.90 Å². The van der Waals surface area contributed by atoms with Crippen LogP contribution in [0.4, 0.5) is 0 Å². The number of carbonyl (C=O) groups is 3. The van der Waals surface area contributed by atoms with E-state index in [4.69, 9.17) is 10.5 Å². The summed E-state index contributed by atoms with van der Waals surface area (Å²) in [7, 11) is 0. The van der Waals surface area contributed by atoms with Gasteiger partial charge in [0.05, 0.1) is 0 Å². The first-order valence-electron chi connectivity index (χ1n) is 5.90. The highest BCUT2D eigenvalue weighted by Gasteiger charge is 2.51. The summed E-state index contributed by atoms with van der Waals surface area (Å²) in [6, 6.07) is -0.638. The Bertz CT molecular complexity index is 528. The summed E-state index contributed by atoms with van der Waals surface area (Å²) in [5, 5.41) is 8.95. The maximum Gasteiger partial charge on any atom is 0.352 e. The van der Waals surface area contributed by atoms with Gasteiger partial charge >= 0.3 is 11.9 Å². The Labute approximate surface area is 119 Å². The molecule has 0 aromatic heterocycles. The van der Waals surface area contributed by atoms with Gasteiger partial charge in [0.2, 0.25) is 5.91 Å². The molecule has 2 atom stereocenters. The molecule has 1 unspecified atom stereocenters. The number of nitrogens with two attached hydrogens (primary N) is 1. The van der Waals surface area contributed by atoms with E-state index in [9.17, 15) is 19.5 Å². The summed E-state index contributed by atoms with van der Waals surface area (Å²) in [6.07, 6.45) is 3.11. The molecule has 1 saturated heterocycles. The number of carbonyl (C=O) groups excluding carboxylic acids is 2. The number of aliphatic carboxylic acids is 1. The second-order valence-corrected chi connectivity index (χ2v) is 5.42. The highest BCUT2D eigenvalue weighted by atomic mass is 32.2. The van der Waals surface area contributed by atoms with Gasteiger partial charge in [-0.15, -0.1) is 11.8 Å². The van der Waals surface area contributed by atoms with Crippen molar-refractivity contribution in [2.24, 2.45) is 5.73 Å². The summed E-state index contributed by atoms with van der Waals surface area (Å²) in [5.74, 6) is -1.52. The molecule has 1 amide bonds. The largest absolute Gasteiger partial charge is 0.477 e. The minimum absolute atomic E-state index is 0.0421. The van der Waals surface area contributed by atoms with Crippen molar-refractivity contribution in [2.45, 2.75) is 18.3 Å². The summed E-state index contributed by atoms with van der Waals surface area (Å²) < 4.78 is 4.73. The molecule has 0 bridgehead atoms. The zero-order valence-corrected chi connectivity index (χ0v) is 11.6. The van der Waals surface area contributed by atoms with Crippen LogP contribution in [-0.2, 0) is 19.1 Å². The lowest BCUT2D eigenvalue weighted by atomic mass is 10.0. The van der Waals surface area contributed by atoms with E-state index in [2.05, 4.69) is 0 Å². The number of fused-ring (bicyclic) bond motifs is 1. The van der Waals surface area contributed by atoms with Crippen LogP contribution < -0.4 is 5.73 Å². The molecule has 8 heteroatoms. The number of thioether (sulfide) groups is 1. The van der Waals surface area contributed by atoms with Crippen molar-refractivity contribution in [3.8, 4) is 0 Å². The van der Waals surface area contributed by atoms with Gasteiger partial charge in [0.15, 0.2) is 0 Å². The second-order valence-electron chi connectivity index (χ2n) is 4.32. The van der Waals surface area contributed by atoms with Crippen molar-refractivity contribution in [3.05, 3.63) is 23.4 Å². The molecule has 0 saturated carbocycles. The van der Waals surface area contributed by atoms with E-state index >= 15 is 0 Å². The molecule has 3 N–H and O–H groups in total. The molecule has 0 aliphatic carbocycles. The Morgan fingerprint density at radius 3 is 2.90 bits per heavy atom. The fourth-order valence-corrected chi connectivity index (χ4v) is 3.29. The van der Waals surface area contributed by atoms with Crippen molar-refractivity contribution in [3.63, 3.8) is 0 Å². The Balaban J connectivity index is 2.18. The summed E-state index contributed by atoms with van der Waals surface area (Å²) >= 11 is 1.42. The fourth-order valence-electron chi connectivity index (χ4n) is 2.02. The van der Waals surface area contributed by atoms with Gasteiger partial charge < -0.3 is 15.6 Å². The molecule has 0 radical (unpaired) electrons. The topological polar surface area (TPSA) is 110 Å². The smallest absolute Gasteiger partial charge is 0.352 e. The first-order valence-corrected chi connectivity index (χ1v) is 6.95. The Morgan fingerprint density at radius 1 is 1.60 bits per heavy atom. The predicted octanol–water partition coefficient (Wildman–Crippen LogP) is -0.313. The molecule has 108 valence electrons. The average Bonchev–Trinajstić information content (AvgIpc) is 2.41. The van der Waals surface area contributed by atoms with Crippen LogP contribution in [0.3, 0.4) is 0 Å². The zero-order chi connectivity index (χ0) is 14.9. The second kappa shape index (κ2) is 5.68. The van der Waals surface area contributed by atoms with Crippen LogP contribution in [0.5, 0.6) is 0 Å². The number of hydrogen-bond donors (Lipinski definition) is 2. The van der Waals surface area contributed by atoms with Crippen LogP contribution in [-0.4, -0.2) is 51.6 Å². The van der Waals surface area contributed by atoms with E-state index < -0.39 is 18.0 Å². The summed E-state index contributed by atoms with van der Waals surface area (Å²) in [5.41, 5.74) is 6.10. The van der Waals surface area contributed by atoms with Gasteiger partial charge in [-0.3, -0.25) is 14.5 Å². The van der Waals surface area contributed by atoms with Crippen LogP contribution in [0.2, 0.25) is 0 Å². The molecule has 0 spiro atoms. The van der Waals surface area contributed by atoms with Gasteiger partial charge in [0, 0.05) is 12.7 Å². The zero-order valence-electron chi connectivity index (χ0n) is 10.7. The maximum absolute atomic E-state index is 11.7. The van der Waals surface area contributed by atoms with Gasteiger partial charge in [0.25, 0.3) is 0 Å². The highest BCUT2D eigenvalue weighted by molar-refractivity contribution is 8.00.